The van der Waals surface area contributed by atoms with Gasteiger partial charge in [-0.1, -0.05) is 62.4 Å². The lowest BCUT2D eigenvalue weighted by Gasteiger charge is -2.19. The molecule has 0 saturated heterocycles. The largest absolute Gasteiger partial charge is 0.384 e. The number of nitriles is 1. The van der Waals surface area contributed by atoms with Crippen molar-refractivity contribution in [1.29, 1.82) is 5.26 Å². The van der Waals surface area contributed by atoms with Crippen LogP contribution < -0.4 is 0 Å². The summed E-state index contributed by atoms with van der Waals surface area (Å²) in [4.78, 5) is 4.68. The van der Waals surface area contributed by atoms with Crippen LogP contribution >= 0.6 is 0 Å². The summed E-state index contributed by atoms with van der Waals surface area (Å²) >= 11 is 0. The van der Waals surface area contributed by atoms with Crippen LogP contribution in [0.1, 0.15) is 56.4 Å². The zero-order valence-electron chi connectivity index (χ0n) is 19.1. The van der Waals surface area contributed by atoms with Crippen molar-refractivity contribution in [3.63, 3.8) is 0 Å². The van der Waals surface area contributed by atoms with Crippen molar-refractivity contribution in [2.75, 3.05) is 0 Å². The molecule has 33 heavy (non-hydrogen) atoms. The maximum absolute atomic E-state index is 10.8. The van der Waals surface area contributed by atoms with Crippen LogP contribution in [-0.4, -0.2) is 35.3 Å². The predicted octanol–water partition coefficient (Wildman–Crippen LogP) is 4.22. The minimum absolute atomic E-state index is 0.428. The Balaban J connectivity index is 1.68. The lowest BCUT2D eigenvalue weighted by Crippen LogP contribution is -2.22. The minimum atomic E-state index is -1.14. The molecule has 0 fully saturated rings. The van der Waals surface area contributed by atoms with Gasteiger partial charge in [-0.25, -0.2) is 4.98 Å². The molecule has 0 aliphatic heterocycles. The number of hydrogen-bond donors (Lipinski definition) is 2. The average Bonchev–Trinajstić information content (AvgIpc) is 3.49. The molecular weight excluding hydrogens is 414 g/mol. The summed E-state index contributed by atoms with van der Waals surface area (Å²) in [5, 5.41) is 35.1. The number of aliphatic hydroxyl groups is 1. The Morgan fingerprint density at radius 1 is 1.09 bits per heavy atom. The number of tetrazole rings is 1. The maximum atomic E-state index is 10.8. The third-order valence-corrected chi connectivity index (χ3v) is 5.94. The molecule has 1 atom stereocenters. The third kappa shape index (κ3) is 4.41. The van der Waals surface area contributed by atoms with Gasteiger partial charge in [-0.15, -0.1) is 10.2 Å². The van der Waals surface area contributed by atoms with E-state index in [2.05, 4.69) is 62.9 Å². The molecule has 4 aromatic rings. The molecule has 2 aromatic heterocycles. The van der Waals surface area contributed by atoms with Gasteiger partial charge in [0.2, 0.25) is 5.82 Å². The Labute approximate surface area is 192 Å². The highest BCUT2D eigenvalue weighted by atomic mass is 16.3. The fraction of sp³-hybridized carbons (Fsp3) is 0.320. The first-order valence-corrected chi connectivity index (χ1v) is 11.1. The van der Waals surface area contributed by atoms with Crippen LogP contribution in [0.25, 0.3) is 22.5 Å². The number of aromatic nitrogens is 6. The first-order valence-electron chi connectivity index (χ1n) is 11.1. The summed E-state index contributed by atoms with van der Waals surface area (Å²) in [5.41, 5.74) is 3.74. The molecule has 2 aromatic carbocycles. The Kier molecular flexibility index (Phi) is 6.33. The van der Waals surface area contributed by atoms with Gasteiger partial charge in [-0.05, 0) is 41.7 Å². The smallest absolute Gasteiger partial charge is 0.205 e. The normalized spacial score (nSPS) is 12.9. The summed E-state index contributed by atoms with van der Waals surface area (Å²) in [7, 11) is 0. The van der Waals surface area contributed by atoms with Crippen molar-refractivity contribution in [3.05, 3.63) is 71.3 Å². The van der Waals surface area contributed by atoms with Crippen LogP contribution in [0.5, 0.6) is 0 Å². The first kappa shape index (κ1) is 22.4. The fourth-order valence-corrected chi connectivity index (χ4v) is 3.92. The molecule has 168 valence electrons. The Morgan fingerprint density at radius 2 is 1.82 bits per heavy atom. The second kappa shape index (κ2) is 9.35. The number of H-pyrrole nitrogens is 1. The third-order valence-electron chi connectivity index (χ3n) is 5.94. The van der Waals surface area contributed by atoms with Crippen molar-refractivity contribution in [1.82, 2.24) is 30.2 Å². The lowest BCUT2D eigenvalue weighted by molar-refractivity contribution is 0.0484. The van der Waals surface area contributed by atoms with E-state index >= 15 is 0 Å². The van der Waals surface area contributed by atoms with Gasteiger partial charge in [0.05, 0.1) is 0 Å². The number of aromatic amines is 1. The Bertz CT molecular complexity index is 1270. The summed E-state index contributed by atoms with van der Waals surface area (Å²) in [6, 6.07) is 18.4. The topological polar surface area (TPSA) is 116 Å². The summed E-state index contributed by atoms with van der Waals surface area (Å²) in [6.45, 7) is 6.20. The van der Waals surface area contributed by atoms with E-state index in [9.17, 15) is 10.4 Å². The molecular formula is C25H27N7O. The molecule has 1 unspecified atom stereocenters. The molecule has 0 bridgehead atoms. The standard InChI is InChI=1S/C25H27N7O/c1-4-8-22-27-23(25(3,33)5-2)21(15-26)32(22)16-17-11-13-18(14-12-17)19-9-6-7-10-20(19)24-28-30-31-29-24/h6-7,9-14,33H,4-5,8,16H2,1-3H3,(H,28,29,30,31). The van der Waals surface area contributed by atoms with E-state index < -0.39 is 5.60 Å². The van der Waals surface area contributed by atoms with Crippen LogP contribution in [0.4, 0.5) is 0 Å². The van der Waals surface area contributed by atoms with Gasteiger partial charge in [-0.3, -0.25) is 0 Å². The van der Waals surface area contributed by atoms with Gasteiger partial charge in [0, 0.05) is 18.5 Å². The maximum Gasteiger partial charge on any atom is 0.205 e. The SMILES string of the molecule is CCCc1nc(C(C)(O)CC)c(C#N)n1Cc1ccc(-c2ccccc2-c2nn[nH]n2)cc1. The van der Waals surface area contributed by atoms with Gasteiger partial charge >= 0.3 is 0 Å². The van der Waals surface area contributed by atoms with E-state index in [0.29, 0.717) is 30.2 Å². The number of nitrogens with one attached hydrogen (secondary N) is 1. The van der Waals surface area contributed by atoms with Crippen LogP contribution in [0.3, 0.4) is 0 Å². The van der Waals surface area contributed by atoms with E-state index in [0.717, 1.165) is 40.9 Å². The van der Waals surface area contributed by atoms with Crippen molar-refractivity contribution >= 4 is 0 Å². The zero-order chi connectivity index (χ0) is 23.4. The van der Waals surface area contributed by atoms with Gasteiger partial charge in [0.25, 0.3) is 0 Å². The average molecular weight is 442 g/mol. The monoisotopic (exact) mass is 441 g/mol. The highest BCUT2D eigenvalue weighted by molar-refractivity contribution is 5.80. The van der Waals surface area contributed by atoms with E-state index in [1.54, 1.807) is 6.92 Å². The number of imidazole rings is 1. The van der Waals surface area contributed by atoms with Crippen molar-refractivity contribution in [2.24, 2.45) is 0 Å². The fourth-order valence-electron chi connectivity index (χ4n) is 3.92. The predicted molar refractivity (Wildman–Crippen MR) is 125 cm³/mol. The van der Waals surface area contributed by atoms with Gasteiger partial charge in [0.1, 0.15) is 28.9 Å². The molecule has 0 aliphatic carbocycles. The minimum Gasteiger partial charge on any atom is -0.384 e. The summed E-state index contributed by atoms with van der Waals surface area (Å²) < 4.78 is 1.94. The second-order valence-electron chi connectivity index (χ2n) is 8.28. The molecule has 8 nitrogen and oxygen atoms in total. The summed E-state index contributed by atoms with van der Waals surface area (Å²) in [6.07, 6.45) is 2.13. The summed E-state index contributed by atoms with van der Waals surface area (Å²) in [5.74, 6) is 1.37. The molecule has 0 amide bonds. The van der Waals surface area contributed by atoms with E-state index in [1.165, 1.54) is 0 Å². The van der Waals surface area contributed by atoms with Crippen LogP contribution in [-0.2, 0) is 18.6 Å². The molecule has 2 N–H and O–H groups in total. The lowest BCUT2D eigenvalue weighted by atomic mass is 9.97. The van der Waals surface area contributed by atoms with Gasteiger partial charge < -0.3 is 9.67 Å². The van der Waals surface area contributed by atoms with Crippen molar-refractivity contribution in [3.8, 4) is 28.6 Å². The number of nitrogens with zero attached hydrogens (tertiary/aromatic N) is 6. The Hall–Kier alpha value is -3.83. The van der Waals surface area contributed by atoms with Crippen molar-refractivity contribution < 1.29 is 5.11 Å². The molecule has 0 spiro atoms. The highest BCUT2D eigenvalue weighted by Gasteiger charge is 2.30. The molecule has 0 saturated carbocycles. The number of benzene rings is 2. The second-order valence-corrected chi connectivity index (χ2v) is 8.28. The van der Waals surface area contributed by atoms with Crippen LogP contribution in [0.15, 0.2) is 48.5 Å². The zero-order valence-corrected chi connectivity index (χ0v) is 19.1. The van der Waals surface area contributed by atoms with Gasteiger partial charge in [-0.2, -0.15) is 10.5 Å². The van der Waals surface area contributed by atoms with E-state index in [-0.39, 0.29) is 0 Å². The number of rotatable bonds is 8. The molecule has 2 heterocycles. The van der Waals surface area contributed by atoms with E-state index in [4.69, 9.17) is 0 Å². The van der Waals surface area contributed by atoms with Gasteiger partial charge in [0.15, 0.2) is 0 Å². The molecule has 0 aliphatic rings. The highest BCUT2D eigenvalue weighted by Crippen LogP contribution is 2.31. The first-order chi connectivity index (χ1) is 16.0. The van der Waals surface area contributed by atoms with Crippen molar-refractivity contribution in [2.45, 2.75) is 52.2 Å². The Morgan fingerprint density at radius 3 is 2.42 bits per heavy atom. The number of aryl methyl sites for hydroxylation is 1. The quantitative estimate of drug-likeness (QED) is 0.423. The molecule has 8 heteroatoms. The van der Waals surface area contributed by atoms with Crippen LogP contribution in [0.2, 0.25) is 0 Å². The number of hydrogen-bond acceptors (Lipinski definition) is 6. The molecule has 4 rings (SSSR count). The molecule has 0 radical (unpaired) electrons. The van der Waals surface area contributed by atoms with Crippen LogP contribution in [0, 0.1) is 11.3 Å². The van der Waals surface area contributed by atoms with E-state index in [1.807, 2.05) is 35.8 Å².